The smallest absolute Gasteiger partial charge is 0.252 e. The van der Waals surface area contributed by atoms with Crippen LogP contribution >= 0.6 is 0 Å². The van der Waals surface area contributed by atoms with Crippen molar-refractivity contribution >= 4 is 103 Å². The summed E-state index contributed by atoms with van der Waals surface area (Å²) in [5.41, 5.74) is 20.1. The van der Waals surface area contributed by atoms with Gasteiger partial charge in [-0.3, -0.25) is 0 Å². The molecule has 4 nitrogen and oxygen atoms in total. The predicted molar refractivity (Wildman–Crippen MR) is 255 cm³/mol. The van der Waals surface area contributed by atoms with Crippen molar-refractivity contribution in [3.05, 3.63) is 218 Å². The average molecular weight is 765 g/mol. The highest BCUT2D eigenvalue weighted by molar-refractivity contribution is 7.01. The molecule has 0 aromatic heterocycles. The number of para-hydroxylation sites is 5. The van der Waals surface area contributed by atoms with E-state index in [0.29, 0.717) is 0 Å². The van der Waals surface area contributed by atoms with Crippen molar-refractivity contribution < 1.29 is 0 Å². The lowest BCUT2D eigenvalue weighted by Crippen LogP contribution is -2.65. The van der Waals surface area contributed by atoms with Crippen molar-refractivity contribution in [3.8, 4) is 0 Å². The Morgan fingerprint density at radius 2 is 0.800 bits per heavy atom. The summed E-state index contributed by atoms with van der Waals surface area (Å²) >= 11 is 0. The molecule has 5 aliphatic rings. The van der Waals surface area contributed by atoms with E-state index in [1.165, 1.54) is 72.8 Å². The van der Waals surface area contributed by atoms with Crippen LogP contribution in [0.5, 0.6) is 0 Å². The molecule has 4 aliphatic heterocycles. The third-order valence-electron chi connectivity index (χ3n) is 13.4. The molecule has 1 aliphatic carbocycles. The Hall–Kier alpha value is -7.43. The maximum atomic E-state index is 2.63. The zero-order chi connectivity index (χ0) is 39.3. The summed E-state index contributed by atoms with van der Waals surface area (Å²) in [5.74, 6) is 0.211. The third-order valence-corrected chi connectivity index (χ3v) is 13.4. The minimum atomic E-state index is 0.0245. The molecular weight excluding hydrogens is 726 g/mol. The second kappa shape index (κ2) is 13.0. The molecule has 0 fully saturated rings. The number of hydrogen-bond donors (Lipinski definition) is 0. The molecule has 0 amide bonds. The average Bonchev–Trinajstić information content (AvgIpc) is 3.32. The van der Waals surface area contributed by atoms with Gasteiger partial charge in [0.25, 0.3) is 6.71 Å². The molecule has 0 saturated heterocycles. The van der Waals surface area contributed by atoms with Gasteiger partial charge in [-0.15, -0.1) is 0 Å². The lowest BCUT2D eigenvalue weighted by atomic mass is 9.27. The van der Waals surface area contributed by atoms with Crippen LogP contribution in [0.25, 0.3) is 0 Å². The van der Waals surface area contributed by atoms with Crippen LogP contribution in [0.1, 0.15) is 0 Å². The lowest BCUT2D eigenvalue weighted by molar-refractivity contribution is 0.765. The van der Waals surface area contributed by atoms with Crippen LogP contribution < -0.4 is 46.9 Å². The largest absolute Gasteiger partial charge is 0.335 e. The fraction of sp³-hybridized carbons (Fsp3) is 0.0370. The van der Waals surface area contributed by atoms with Crippen LogP contribution in [0.2, 0.25) is 5.82 Å². The van der Waals surface area contributed by atoms with E-state index in [4.69, 9.17) is 0 Å². The van der Waals surface area contributed by atoms with Gasteiger partial charge in [0.05, 0.1) is 6.04 Å². The van der Waals surface area contributed by atoms with Gasteiger partial charge in [-0.05, 0) is 113 Å². The lowest BCUT2D eigenvalue weighted by Gasteiger charge is -2.51. The summed E-state index contributed by atoms with van der Waals surface area (Å²) in [5, 5.41) is 0. The van der Waals surface area contributed by atoms with Crippen molar-refractivity contribution in [1.29, 1.82) is 0 Å². The summed E-state index contributed by atoms with van der Waals surface area (Å²) in [6.45, 7) is 0.153. The topological polar surface area (TPSA) is 13.0 Å². The molecule has 2 atom stereocenters. The molecule has 6 heteroatoms. The number of allylic oxidation sites excluding steroid dienone is 2. The molecule has 8 aromatic rings. The molecule has 60 heavy (non-hydrogen) atoms. The van der Waals surface area contributed by atoms with Gasteiger partial charge in [0.1, 0.15) is 0 Å². The molecule has 4 heterocycles. The summed E-state index contributed by atoms with van der Waals surface area (Å²) in [6, 6.07) is 72.0. The molecule has 8 aromatic carbocycles. The van der Waals surface area contributed by atoms with Gasteiger partial charge in [0.2, 0.25) is 6.71 Å². The van der Waals surface area contributed by atoms with Crippen LogP contribution in [0.4, 0.5) is 62.6 Å². The maximum absolute atomic E-state index is 2.63. The normalized spacial score (nSPS) is 17.3. The molecule has 2 unspecified atom stereocenters. The maximum Gasteiger partial charge on any atom is 0.252 e. The van der Waals surface area contributed by atoms with E-state index < -0.39 is 0 Å². The van der Waals surface area contributed by atoms with Gasteiger partial charge in [0.15, 0.2) is 0 Å². The monoisotopic (exact) mass is 764 g/mol. The summed E-state index contributed by atoms with van der Waals surface area (Å²) in [7, 11) is 0. The first-order chi connectivity index (χ1) is 29.8. The molecule has 0 spiro atoms. The Bertz CT molecular complexity index is 3040. The Labute approximate surface area is 351 Å². The molecule has 0 bridgehead atoms. The van der Waals surface area contributed by atoms with Crippen LogP contribution in [0.15, 0.2) is 218 Å². The second-order valence-electron chi connectivity index (χ2n) is 16.4. The van der Waals surface area contributed by atoms with E-state index in [-0.39, 0.29) is 25.3 Å². The van der Waals surface area contributed by atoms with Gasteiger partial charge in [-0.2, -0.15) is 0 Å². The van der Waals surface area contributed by atoms with E-state index in [1.54, 1.807) is 0 Å². The minimum Gasteiger partial charge on any atom is -0.335 e. The zero-order valence-electron chi connectivity index (χ0n) is 32.9. The third kappa shape index (κ3) is 4.70. The molecular formula is C54H38B2N4. The van der Waals surface area contributed by atoms with Crippen LogP contribution in [0.3, 0.4) is 0 Å². The van der Waals surface area contributed by atoms with E-state index >= 15 is 0 Å². The van der Waals surface area contributed by atoms with Crippen molar-refractivity contribution in [3.63, 3.8) is 0 Å². The molecule has 0 N–H and O–H groups in total. The number of rotatable bonds is 4. The fourth-order valence-electron chi connectivity index (χ4n) is 11.1. The summed E-state index contributed by atoms with van der Waals surface area (Å²) < 4.78 is 0. The van der Waals surface area contributed by atoms with Gasteiger partial charge >= 0.3 is 0 Å². The quantitative estimate of drug-likeness (QED) is 0.166. The van der Waals surface area contributed by atoms with Crippen molar-refractivity contribution in [2.45, 2.75) is 11.9 Å². The van der Waals surface area contributed by atoms with E-state index in [9.17, 15) is 0 Å². The number of nitrogens with zero attached hydrogens (tertiary/aromatic N) is 4. The molecule has 0 saturated carbocycles. The standard InChI is InChI=1S/C54H38B2N4/c1-5-19-37(20-6-1)57-45-29-15-13-27-41(45)55-43-35-44-52(36-51(43)59(39-23-9-3-10-24-39)49-33-17-31-47(57)53(49)55)60(40-25-11-4-12-26-40)50-34-18-32-48-54(50)56(44)42-28-14-16-30-46(42)58(48)38-21-7-2-8-22-38/h1-36,41,45H. The highest BCUT2D eigenvalue weighted by Gasteiger charge is 2.51. The van der Waals surface area contributed by atoms with Crippen molar-refractivity contribution in [1.82, 2.24) is 0 Å². The van der Waals surface area contributed by atoms with Gasteiger partial charge in [-0.25, -0.2) is 0 Å². The van der Waals surface area contributed by atoms with E-state index in [0.717, 1.165) is 17.1 Å². The minimum absolute atomic E-state index is 0.0245. The number of fused-ring (bicyclic) bond motifs is 8. The molecule has 13 rings (SSSR count). The Kier molecular flexibility index (Phi) is 7.29. The first-order valence-corrected chi connectivity index (χ1v) is 21.1. The van der Waals surface area contributed by atoms with Gasteiger partial charge in [-0.1, -0.05) is 139 Å². The molecule has 280 valence electrons. The zero-order valence-corrected chi connectivity index (χ0v) is 32.9. The van der Waals surface area contributed by atoms with Crippen molar-refractivity contribution in [2.75, 3.05) is 19.6 Å². The Balaban J connectivity index is 1.13. The SMILES string of the molecule is C1=CC2B3c4cc5c(cc4N(c4ccccc4)c4cccc(c43)N(c3ccccc3)C2C=C1)N(c1ccccc1)c1cccc2c1B5c1ccccc1N2c1ccccc1. The Morgan fingerprint density at radius 1 is 0.333 bits per heavy atom. The number of benzene rings is 8. The molecule has 0 radical (unpaired) electrons. The van der Waals surface area contributed by atoms with Crippen LogP contribution in [-0.4, -0.2) is 19.5 Å². The van der Waals surface area contributed by atoms with E-state index in [1.807, 2.05) is 0 Å². The summed E-state index contributed by atoms with van der Waals surface area (Å²) in [6.07, 6.45) is 9.41. The van der Waals surface area contributed by atoms with Crippen molar-refractivity contribution in [2.24, 2.45) is 0 Å². The van der Waals surface area contributed by atoms with E-state index in [2.05, 4.69) is 238 Å². The van der Waals surface area contributed by atoms with Gasteiger partial charge in [0, 0.05) is 62.6 Å². The first kappa shape index (κ1) is 33.5. The number of hydrogen-bond acceptors (Lipinski definition) is 4. The van der Waals surface area contributed by atoms with Crippen LogP contribution in [0, 0.1) is 0 Å². The Morgan fingerprint density at radius 3 is 1.42 bits per heavy atom. The highest BCUT2D eigenvalue weighted by atomic mass is 15.2. The fourth-order valence-corrected chi connectivity index (χ4v) is 11.1. The summed E-state index contributed by atoms with van der Waals surface area (Å²) in [4.78, 5) is 10.1. The predicted octanol–water partition coefficient (Wildman–Crippen LogP) is 10.2. The second-order valence-corrected chi connectivity index (χ2v) is 16.4. The number of anilines is 11. The van der Waals surface area contributed by atoms with Crippen LogP contribution in [-0.2, 0) is 0 Å². The highest BCUT2D eigenvalue weighted by Crippen LogP contribution is 2.50. The first-order valence-electron chi connectivity index (χ1n) is 21.1. The van der Waals surface area contributed by atoms with Gasteiger partial charge < -0.3 is 19.6 Å².